The van der Waals surface area contributed by atoms with Gasteiger partial charge < -0.3 is 15.5 Å². The molecular formula is C19H18F3N7O2. The number of hydrazone groups is 1. The molecule has 1 fully saturated rings. The number of benzene rings is 1. The van der Waals surface area contributed by atoms with Crippen LogP contribution in [0.25, 0.3) is 0 Å². The molecule has 0 saturated carbocycles. The zero-order valence-corrected chi connectivity index (χ0v) is 16.2. The Morgan fingerprint density at radius 1 is 1.03 bits per heavy atom. The second-order valence-corrected chi connectivity index (χ2v) is 7.08. The largest absolute Gasteiger partial charge is 0.364 e. The number of carbonyl (C=O) groups is 2. The second kappa shape index (κ2) is 8.20. The Balaban J connectivity index is 1.44. The summed E-state index contributed by atoms with van der Waals surface area (Å²) in [7, 11) is 0. The van der Waals surface area contributed by atoms with Crippen molar-refractivity contribution in [1.82, 2.24) is 19.9 Å². The summed E-state index contributed by atoms with van der Waals surface area (Å²) in [5.74, 6) is -3.22. The predicted molar refractivity (Wildman–Crippen MR) is 104 cm³/mol. The van der Waals surface area contributed by atoms with Crippen molar-refractivity contribution in [1.29, 1.82) is 0 Å². The zero-order chi connectivity index (χ0) is 22.1. The zero-order valence-electron chi connectivity index (χ0n) is 16.2. The van der Waals surface area contributed by atoms with Gasteiger partial charge in [0.05, 0.1) is 12.2 Å². The summed E-state index contributed by atoms with van der Waals surface area (Å²) in [5.41, 5.74) is 4.94. The number of urea groups is 1. The van der Waals surface area contributed by atoms with Gasteiger partial charge in [0.25, 0.3) is 5.91 Å². The Kier molecular flexibility index (Phi) is 5.44. The van der Waals surface area contributed by atoms with E-state index in [0.29, 0.717) is 25.1 Å². The number of hydrogen-bond acceptors (Lipinski definition) is 6. The number of carbonyl (C=O) groups excluding carboxylic acids is 2. The van der Waals surface area contributed by atoms with Crippen LogP contribution in [0.1, 0.15) is 28.5 Å². The van der Waals surface area contributed by atoms with Crippen LogP contribution in [0.15, 0.2) is 29.5 Å². The van der Waals surface area contributed by atoms with Crippen LogP contribution in [0.2, 0.25) is 0 Å². The van der Waals surface area contributed by atoms with Crippen LogP contribution in [0.3, 0.4) is 0 Å². The van der Waals surface area contributed by atoms with E-state index in [1.807, 2.05) is 0 Å². The lowest BCUT2D eigenvalue weighted by Crippen LogP contribution is -2.52. The number of anilines is 1. The summed E-state index contributed by atoms with van der Waals surface area (Å²) in [6, 6.07) is 2.13. The SMILES string of the molecule is NC(=O)c1nc(N2CCN(C(=O)N3N=CCC3c3cc(F)cc(F)c3)CC2)ncc1F. The maximum Gasteiger partial charge on any atom is 0.341 e. The number of nitrogens with two attached hydrogens (primary N) is 1. The molecule has 4 rings (SSSR count). The molecule has 9 nitrogen and oxygen atoms in total. The fourth-order valence-corrected chi connectivity index (χ4v) is 3.57. The summed E-state index contributed by atoms with van der Waals surface area (Å²) >= 11 is 0. The summed E-state index contributed by atoms with van der Waals surface area (Å²) in [6.45, 7) is 1.21. The topological polar surface area (TPSA) is 108 Å². The van der Waals surface area contributed by atoms with Crippen molar-refractivity contribution in [3.63, 3.8) is 0 Å². The highest BCUT2D eigenvalue weighted by Crippen LogP contribution is 2.30. The first-order valence-corrected chi connectivity index (χ1v) is 9.47. The van der Waals surface area contributed by atoms with Crippen LogP contribution in [0, 0.1) is 17.5 Å². The Labute approximate surface area is 175 Å². The van der Waals surface area contributed by atoms with Crippen LogP contribution in [0.4, 0.5) is 23.9 Å². The lowest BCUT2D eigenvalue weighted by molar-refractivity contribution is 0.0991. The van der Waals surface area contributed by atoms with Crippen molar-refractivity contribution in [2.45, 2.75) is 12.5 Å². The van der Waals surface area contributed by atoms with Gasteiger partial charge in [-0.3, -0.25) is 4.79 Å². The van der Waals surface area contributed by atoms with Gasteiger partial charge >= 0.3 is 6.03 Å². The van der Waals surface area contributed by atoms with Crippen LogP contribution >= 0.6 is 0 Å². The van der Waals surface area contributed by atoms with Crippen LogP contribution in [0.5, 0.6) is 0 Å². The first-order valence-electron chi connectivity index (χ1n) is 9.47. The molecule has 2 aromatic rings. The number of rotatable bonds is 3. The van der Waals surface area contributed by atoms with Gasteiger partial charge in [-0.05, 0) is 17.7 Å². The molecule has 1 saturated heterocycles. The van der Waals surface area contributed by atoms with E-state index in [0.717, 1.165) is 12.3 Å². The lowest BCUT2D eigenvalue weighted by atomic mass is 10.0. The number of primary amides is 1. The number of aromatic nitrogens is 2. The Morgan fingerprint density at radius 2 is 1.71 bits per heavy atom. The van der Waals surface area contributed by atoms with Gasteiger partial charge in [0.15, 0.2) is 11.5 Å². The summed E-state index contributed by atoms with van der Waals surface area (Å²) in [4.78, 5) is 35.3. The Hall–Kier alpha value is -3.70. The molecule has 1 aromatic carbocycles. The van der Waals surface area contributed by atoms with Crippen molar-refractivity contribution in [2.75, 3.05) is 31.1 Å². The molecule has 162 valence electrons. The minimum Gasteiger partial charge on any atom is -0.364 e. The van der Waals surface area contributed by atoms with Gasteiger partial charge in [-0.25, -0.2) is 32.9 Å². The maximum absolute atomic E-state index is 13.6. The van der Waals surface area contributed by atoms with E-state index in [9.17, 15) is 22.8 Å². The van der Waals surface area contributed by atoms with E-state index in [2.05, 4.69) is 15.1 Å². The average Bonchev–Trinajstić information content (AvgIpc) is 3.23. The van der Waals surface area contributed by atoms with Crippen LogP contribution in [-0.4, -0.2) is 64.2 Å². The minimum atomic E-state index is -0.998. The number of halogens is 3. The normalized spacial score (nSPS) is 18.5. The highest BCUT2D eigenvalue weighted by atomic mass is 19.1. The van der Waals surface area contributed by atoms with Gasteiger partial charge in [0.2, 0.25) is 5.95 Å². The third-order valence-electron chi connectivity index (χ3n) is 5.09. The molecular weight excluding hydrogens is 415 g/mol. The van der Waals surface area contributed by atoms with Crippen LogP contribution in [-0.2, 0) is 0 Å². The summed E-state index contributed by atoms with van der Waals surface area (Å²) in [5, 5.41) is 5.30. The fourth-order valence-electron chi connectivity index (χ4n) is 3.57. The summed E-state index contributed by atoms with van der Waals surface area (Å²) < 4.78 is 40.8. The molecule has 0 radical (unpaired) electrons. The smallest absolute Gasteiger partial charge is 0.341 e. The number of piperazine rings is 1. The highest BCUT2D eigenvalue weighted by Gasteiger charge is 2.34. The molecule has 1 aromatic heterocycles. The number of nitrogens with zero attached hydrogens (tertiary/aromatic N) is 6. The molecule has 1 unspecified atom stereocenters. The standard InChI is InChI=1S/C19H18F3N7O2/c20-12-7-11(8-13(21)9-12)15-1-2-25-29(15)19(31)28-5-3-27(4-6-28)18-24-10-14(22)16(26-18)17(23)30/h2,7-10,15H,1,3-6H2,(H2,23,30). The molecule has 2 aliphatic rings. The first-order chi connectivity index (χ1) is 14.8. The quantitative estimate of drug-likeness (QED) is 0.792. The molecule has 0 bridgehead atoms. The molecule has 0 aliphatic carbocycles. The van der Waals surface area contributed by atoms with E-state index in [4.69, 9.17) is 5.73 Å². The number of hydrogen-bond donors (Lipinski definition) is 1. The van der Waals surface area contributed by atoms with E-state index in [-0.39, 0.29) is 19.0 Å². The molecule has 12 heteroatoms. The lowest BCUT2D eigenvalue weighted by Gasteiger charge is -2.37. The van der Waals surface area contributed by atoms with Crippen molar-refractivity contribution in [2.24, 2.45) is 10.8 Å². The maximum atomic E-state index is 13.6. The molecule has 2 N–H and O–H groups in total. The molecule has 1 atom stereocenters. The van der Waals surface area contributed by atoms with E-state index in [1.165, 1.54) is 23.4 Å². The molecule has 0 spiro atoms. The summed E-state index contributed by atoms with van der Waals surface area (Å²) in [6.07, 6.45) is 2.74. The van der Waals surface area contributed by atoms with Gasteiger partial charge in [-0.1, -0.05) is 0 Å². The Morgan fingerprint density at radius 3 is 2.35 bits per heavy atom. The van der Waals surface area contributed by atoms with Crippen molar-refractivity contribution in [3.8, 4) is 0 Å². The number of amides is 3. The monoisotopic (exact) mass is 433 g/mol. The fraction of sp³-hybridized carbons (Fsp3) is 0.316. The molecule has 2 aliphatic heterocycles. The van der Waals surface area contributed by atoms with Crippen molar-refractivity contribution >= 4 is 24.1 Å². The highest BCUT2D eigenvalue weighted by molar-refractivity contribution is 5.91. The first kappa shape index (κ1) is 20.6. The Bertz CT molecular complexity index is 1040. The molecule has 31 heavy (non-hydrogen) atoms. The van der Waals surface area contributed by atoms with Crippen LogP contribution < -0.4 is 10.6 Å². The molecule has 3 amide bonds. The third kappa shape index (κ3) is 4.13. The predicted octanol–water partition coefficient (Wildman–Crippen LogP) is 1.67. The molecule has 3 heterocycles. The van der Waals surface area contributed by atoms with Gasteiger partial charge in [0, 0.05) is 44.9 Å². The van der Waals surface area contributed by atoms with E-state index < -0.39 is 41.1 Å². The van der Waals surface area contributed by atoms with E-state index >= 15 is 0 Å². The van der Waals surface area contributed by atoms with Gasteiger partial charge in [-0.15, -0.1) is 0 Å². The third-order valence-corrected chi connectivity index (χ3v) is 5.09. The van der Waals surface area contributed by atoms with Gasteiger partial charge in [-0.2, -0.15) is 5.10 Å². The van der Waals surface area contributed by atoms with Crippen molar-refractivity contribution < 1.29 is 22.8 Å². The average molecular weight is 433 g/mol. The minimum absolute atomic E-state index is 0.134. The second-order valence-electron chi connectivity index (χ2n) is 7.08. The van der Waals surface area contributed by atoms with E-state index in [1.54, 1.807) is 9.80 Å². The van der Waals surface area contributed by atoms with Crippen molar-refractivity contribution in [3.05, 3.63) is 53.1 Å². The van der Waals surface area contributed by atoms with Gasteiger partial charge in [0.1, 0.15) is 11.6 Å².